The summed E-state index contributed by atoms with van der Waals surface area (Å²) in [7, 11) is 3.11. The number of nitrogens with one attached hydrogen (secondary N) is 1. The number of rotatable bonds is 7. The molecule has 0 aliphatic heterocycles. The summed E-state index contributed by atoms with van der Waals surface area (Å²) in [5.41, 5.74) is 1.72. The van der Waals surface area contributed by atoms with Gasteiger partial charge in [-0.05, 0) is 30.7 Å². The Labute approximate surface area is 123 Å². The lowest BCUT2D eigenvalue weighted by molar-refractivity contribution is 0.359. The van der Waals surface area contributed by atoms with E-state index in [0.717, 1.165) is 17.5 Å². The average Bonchev–Trinajstić information content (AvgIpc) is 2.51. The molecule has 1 heterocycles. The van der Waals surface area contributed by atoms with Gasteiger partial charge in [0, 0.05) is 6.54 Å². The first-order valence-electron chi connectivity index (χ1n) is 6.61. The molecule has 0 bridgehead atoms. The topological polar surface area (TPSA) is 56.3 Å². The van der Waals surface area contributed by atoms with E-state index in [1.807, 2.05) is 6.07 Å². The third-order valence-electron chi connectivity index (χ3n) is 3.03. The lowest BCUT2D eigenvalue weighted by atomic mass is 10.1. The summed E-state index contributed by atoms with van der Waals surface area (Å²) in [6, 6.07) is 6.59. The maximum Gasteiger partial charge on any atom is 0.224 e. The van der Waals surface area contributed by atoms with Crippen molar-refractivity contribution < 1.29 is 13.9 Å². The Kier molecular flexibility index (Phi) is 5.45. The smallest absolute Gasteiger partial charge is 0.224 e. The number of hydrogen-bond donors (Lipinski definition) is 1. The minimum absolute atomic E-state index is 0.215. The molecule has 1 aromatic carbocycles. The molecule has 0 aliphatic rings. The number of methoxy groups -OCH3 is 2. The average molecular weight is 291 g/mol. The van der Waals surface area contributed by atoms with Crippen molar-refractivity contribution >= 4 is 0 Å². The van der Waals surface area contributed by atoms with Crippen LogP contribution in [0.1, 0.15) is 11.1 Å². The fourth-order valence-electron chi connectivity index (χ4n) is 2.02. The van der Waals surface area contributed by atoms with E-state index in [1.165, 1.54) is 18.5 Å². The van der Waals surface area contributed by atoms with Gasteiger partial charge in [-0.1, -0.05) is 12.1 Å². The van der Waals surface area contributed by atoms with Crippen LogP contribution in [-0.2, 0) is 13.0 Å². The van der Waals surface area contributed by atoms with E-state index < -0.39 is 0 Å². The van der Waals surface area contributed by atoms with Gasteiger partial charge in [0.1, 0.15) is 12.1 Å². The van der Waals surface area contributed by atoms with E-state index in [-0.39, 0.29) is 5.82 Å². The van der Waals surface area contributed by atoms with E-state index >= 15 is 0 Å². The Hall–Kier alpha value is -2.21. The zero-order chi connectivity index (χ0) is 15.1. The summed E-state index contributed by atoms with van der Waals surface area (Å²) in [6.45, 7) is 1.22. The van der Waals surface area contributed by atoms with Gasteiger partial charge in [-0.2, -0.15) is 0 Å². The molecule has 0 amide bonds. The molecular weight excluding hydrogens is 273 g/mol. The van der Waals surface area contributed by atoms with E-state index in [1.54, 1.807) is 20.3 Å². The SMILES string of the molecule is COc1ncnc(OC)c1CNCCc1cccc(F)c1. The summed E-state index contributed by atoms with van der Waals surface area (Å²) < 4.78 is 23.5. The lowest BCUT2D eigenvalue weighted by Crippen LogP contribution is -2.18. The van der Waals surface area contributed by atoms with E-state index in [2.05, 4.69) is 15.3 Å². The summed E-state index contributed by atoms with van der Waals surface area (Å²) in [5, 5.41) is 3.26. The highest BCUT2D eigenvalue weighted by molar-refractivity contribution is 5.34. The molecule has 0 fully saturated rings. The third kappa shape index (κ3) is 4.13. The maximum absolute atomic E-state index is 13.1. The van der Waals surface area contributed by atoms with Crippen molar-refractivity contribution in [2.75, 3.05) is 20.8 Å². The molecule has 112 valence electrons. The largest absolute Gasteiger partial charge is 0.481 e. The van der Waals surface area contributed by atoms with Crippen LogP contribution in [0.15, 0.2) is 30.6 Å². The van der Waals surface area contributed by atoms with Gasteiger partial charge in [0.15, 0.2) is 0 Å². The van der Waals surface area contributed by atoms with Gasteiger partial charge < -0.3 is 14.8 Å². The van der Waals surface area contributed by atoms with Gasteiger partial charge in [-0.15, -0.1) is 0 Å². The highest BCUT2D eigenvalue weighted by Crippen LogP contribution is 2.22. The first kappa shape index (κ1) is 15.2. The Morgan fingerprint density at radius 2 is 1.86 bits per heavy atom. The van der Waals surface area contributed by atoms with E-state index in [9.17, 15) is 4.39 Å². The number of aromatic nitrogens is 2. The van der Waals surface area contributed by atoms with Crippen LogP contribution < -0.4 is 14.8 Å². The highest BCUT2D eigenvalue weighted by atomic mass is 19.1. The van der Waals surface area contributed by atoms with Crippen LogP contribution in [0.4, 0.5) is 4.39 Å². The monoisotopic (exact) mass is 291 g/mol. The van der Waals surface area contributed by atoms with Crippen molar-refractivity contribution in [3.63, 3.8) is 0 Å². The molecule has 2 aromatic rings. The van der Waals surface area contributed by atoms with Gasteiger partial charge in [0.05, 0.1) is 19.8 Å². The molecule has 6 heteroatoms. The Balaban J connectivity index is 1.91. The van der Waals surface area contributed by atoms with Gasteiger partial charge in [-0.25, -0.2) is 14.4 Å². The molecule has 0 saturated carbocycles. The number of hydrogen-bond acceptors (Lipinski definition) is 5. The molecule has 21 heavy (non-hydrogen) atoms. The standard InChI is InChI=1S/C15H18FN3O2/c1-20-14-13(15(21-2)19-10-18-14)9-17-7-6-11-4-3-5-12(16)8-11/h3-5,8,10,17H,6-7,9H2,1-2H3. The minimum atomic E-state index is -0.215. The molecule has 2 rings (SSSR count). The van der Waals surface area contributed by atoms with Gasteiger partial charge >= 0.3 is 0 Å². The highest BCUT2D eigenvalue weighted by Gasteiger charge is 2.11. The molecule has 0 atom stereocenters. The Bertz CT molecular complexity index is 571. The second-order valence-corrected chi connectivity index (χ2v) is 4.43. The Morgan fingerprint density at radius 3 is 2.48 bits per heavy atom. The number of nitrogens with zero attached hydrogens (tertiary/aromatic N) is 2. The normalized spacial score (nSPS) is 10.4. The predicted molar refractivity (Wildman–Crippen MR) is 76.9 cm³/mol. The van der Waals surface area contributed by atoms with Crippen LogP contribution in [0, 0.1) is 5.82 Å². The van der Waals surface area contributed by atoms with Crippen LogP contribution in [0.3, 0.4) is 0 Å². The van der Waals surface area contributed by atoms with Crippen molar-refractivity contribution in [3.05, 3.63) is 47.5 Å². The lowest BCUT2D eigenvalue weighted by Gasteiger charge is -2.11. The van der Waals surface area contributed by atoms with Crippen LogP contribution in [-0.4, -0.2) is 30.7 Å². The van der Waals surface area contributed by atoms with Gasteiger partial charge in [0.25, 0.3) is 0 Å². The fourth-order valence-corrected chi connectivity index (χ4v) is 2.02. The summed E-state index contributed by atoms with van der Waals surface area (Å²) in [5.74, 6) is 0.757. The number of ether oxygens (including phenoxy) is 2. The predicted octanol–water partition coefficient (Wildman–Crippen LogP) is 1.97. The number of halogens is 1. The van der Waals surface area contributed by atoms with Crippen LogP contribution in [0.2, 0.25) is 0 Å². The van der Waals surface area contributed by atoms with Gasteiger partial charge in [0.2, 0.25) is 11.8 Å². The summed E-state index contributed by atoms with van der Waals surface area (Å²) >= 11 is 0. The van der Waals surface area contributed by atoms with Crippen molar-refractivity contribution in [1.82, 2.24) is 15.3 Å². The molecule has 0 radical (unpaired) electrons. The fraction of sp³-hybridized carbons (Fsp3) is 0.333. The molecule has 0 spiro atoms. The Morgan fingerprint density at radius 1 is 1.14 bits per heavy atom. The van der Waals surface area contributed by atoms with Crippen LogP contribution in [0.25, 0.3) is 0 Å². The van der Waals surface area contributed by atoms with Crippen molar-refractivity contribution in [2.45, 2.75) is 13.0 Å². The van der Waals surface area contributed by atoms with Crippen LogP contribution in [0.5, 0.6) is 11.8 Å². The van der Waals surface area contributed by atoms with Crippen molar-refractivity contribution in [2.24, 2.45) is 0 Å². The second-order valence-electron chi connectivity index (χ2n) is 4.43. The summed E-state index contributed by atoms with van der Waals surface area (Å²) in [6.07, 6.45) is 2.13. The zero-order valence-electron chi connectivity index (χ0n) is 12.1. The maximum atomic E-state index is 13.1. The van der Waals surface area contributed by atoms with Gasteiger partial charge in [-0.3, -0.25) is 0 Å². The first-order chi connectivity index (χ1) is 10.2. The van der Waals surface area contributed by atoms with Crippen molar-refractivity contribution in [3.8, 4) is 11.8 Å². The molecule has 0 aliphatic carbocycles. The molecule has 5 nitrogen and oxygen atoms in total. The zero-order valence-corrected chi connectivity index (χ0v) is 12.1. The van der Waals surface area contributed by atoms with Crippen LogP contribution >= 0.6 is 0 Å². The minimum Gasteiger partial charge on any atom is -0.481 e. The molecule has 0 unspecified atom stereocenters. The molecule has 0 saturated heterocycles. The van der Waals surface area contributed by atoms with Crippen molar-refractivity contribution in [1.29, 1.82) is 0 Å². The molecular formula is C15H18FN3O2. The third-order valence-corrected chi connectivity index (χ3v) is 3.03. The molecule has 1 aromatic heterocycles. The van der Waals surface area contributed by atoms with E-state index in [4.69, 9.17) is 9.47 Å². The van der Waals surface area contributed by atoms with E-state index in [0.29, 0.717) is 24.8 Å². The first-order valence-corrected chi connectivity index (χ1v) is 6.61. The second kappa shape index (κ2) is 7.54. The quantitative estimate of drug-likeness (QED) is 0.790. The summed E-state index contributed by atoms with van der Waals surface area (Å²) in [4.78, 5) is 8.10. The number of benzene rings is 1. The molecule has 1 N–H and O–H groups in total.